The predicted octanol–water partition coefficient (Wildman–Crippen LogP) is 4.14. The molecule has 2 aromatic carbocycles. The third-order valence-electron chi connectivity index (χ3n) is 6.72. The van der Waals surface area contributed by atoms with Gasteiger partial charge in [0.2, 0.25) is 5.91 Å². The van der Waals surface area contributed by atoms with Crippen molar-refractivity contribution < 1.29 is 29.1 Å². The molecule has 0 aliphatic heterocycles. The van der Waals surface area contributed by atoms with Gasteiger partial charge in [0.15, 0.2) is 6.10 Å². The van der Waals surface area contributed by atoms with E-state index in [9.17, 15) is 14.4 Å². The minimum atomic E-state index is -1.18. The van der Waals surface area contributed by atoms with Crippen LogP contribution in [0.3, 0.4) is 0 Å². The van der Waals surface area contributed by atoms with Crippen molar-refractivity contribution in [3.8, 4) is 11.1 Å². The molecule has 0 radical (unpaired) electrons. The second-order valence-corrected chi connectivity index (χ2v) is 9.09. The fourth-order valence-electron chi connectivity index (χ4n) is 4.97. The number of hydroxylamine groups is 1. The van der Waals surface area contributed by atoms with E-state index in [1.165, 1.54) is 6.92 Å². The van der Waals surface area contributed by atoms with E-state index < -0.39 is 29.6 Å². The first-order valence-electron chi connectivity index (χ1n) is 11.7. The highest BCUT2D eigenvalue weighted by atomic mass is 16.7. The largest absolute Gasteiger partial charge is 0.479 e. The summed E-state index contributed by atoms with van der Waals surface area (Å²) in [6, 6.07) is 16.3. The van der Waals surface area contributed by atoms with E-state index in [0.717, 1.165) is 41.5 Å². The second kappa shape index (κ2) is 10.3. The van der Waals surface area contributed by atoms with Gasteiger partial charge in [0.25, 0.3) is 0 Å². The molecular formula is C26H30N2O6. The Hall–Kier alpha value is -3.39. The highest BCUT2D eigenvalue weighted by molar-refractivity contribution is 5.80. The molecule has 8 heteroatoms. The lowest BCUT2D eigenvalue weighted by Crippen LogP contribution is -2.53. The van der Waals surface area contributed by atoms with Crippen LogP contribution in [0.2, 0.25) is 0 Å². The van der Waals surface area contributed by atoms with Gasteiger partial charge in [-0.2, -0.15) is 0 Å². The Morgan fingerprint density at radius 2 is 1.59 bits per heavy atom. The molecular weight excluding hydrogens is 436 g/mol. The Morgan fingerprint density at radius 1 is 1.00 bits per heavy atom. The number of carbonyl (C=O) groups is 3. The molecule has 180 valence electrons. The van der Waals surface area contributed by atoms with Gasteiger partial charge in [-0.25, -0.2) is 15.1 Å². The number of amides is 2. The summed E-state index contributed by atoms with van der Waals surface area (Å²) in [5.74, 6) is -1.70. The first kappa shape index (κ1) is 23.8. The molecule has 0 saturated heterocycles. The van der Waals surface area contributed by atoms with Crippen molar-refractivity contribution in [2.24, 2.45) is 0 Å². The smallest absolute Gasteiger partial charge is 0.407 e. The van der Waals surface area contributed by atoms with E-state index in [1.54, 1.807) is 0 Å². The number of carboxylic acids is 1. The van der Waals surface area contributed by atoms with Crippen molar-refractivity contribution in [3.63, 3.8) is 0 Å². The fraction of sp³-hybridized carbons (Fsp3) is 0.423. The van der Waals surface area contributed by atoms with Crippen LogP contribution in [0.25, 0.3) is 11.1 Å². The van der Waals surface area contributed by atoms with Crippen LogP contribution in [0.15, 0.2) is 48.5 Å². The van der Waals surface area contributed by atoms with E-state index in [-0.39, 0.29) is 18.9 Å². The molecule has 2 amide bonds. The molecule has 1 saturated carbocycles. The van der Waals surface area contributed by atoms with E-state index in [2.05, 4.69) is 35.1 Å². The summed E-state index contributed by atoms with van der Waals surface area (Å²) in [4.78, 5) is 41.1. The maximum atomic E-state index is 12.9. The lowest BCUT2D eigenvalue weighted by Gasteiger charge is -2.37. The number of ether oxygens (including phenoxy) is 1. The Balaban J connectivity index is 1.39. The number of alkyl carbamates (subject to hydrolysis) is 1. The van der Waals surface area contributed by atoms with Gasteiger partial charge in [-0.05, 0) is 42.0 Å². The third kappa shape index (κ3) is 5.22. The van der Waals surface area contributed by atoms with Crippen LogP contribution in [0, 0.1) is 0 Å². The van der Waals surface area contributed by atoms with Gasteiger partial charge in [-0.3, -0.25) is 9.63 Å². The summed E-state index contributed by atoms with van der Waals surface area (Å²) in [5.41, 5.74) is 6.02. The standard InChI is InChI=1S/C26H30N2O6/c1-17(24(30)31)34-28-23(29)15-26(13-7-2-8-14-26)27-25(32)33-16-22-20-11-5-3-9-18(20)19-10-4-6-12-21(19)22/h3-6,9-12,17,22H,2,7-8,13-16H2,1H3,(H,27,32)(H,28,29)(H,30,31). The summed E-state index contributed by atoms with van der Waals surface area (Å²) in [7, 11) is 0. The molecule has 0 spiro atoms. The maximum Gasteiger partial charge on any atom is 0.407 e. The fourth-order valence-corrected chi connectivity index (χ4v) is 4.97. The first-order valence-corrected chi connectivity index (χ1v) is 11.7. The van der Waals surface area contributed by atoms with Gasteiger partial charge in [-0.1, -0.05) is 67.8 Å². The zero-order chi connectivity index (χ0) is 24.1. The molecule has 2 aromatic rings. The molecule has 1 atom stereocenters. The van der Waals surface area contributed by atoms with Crippen molar-refractivity contribution >= 4 is 18.0 Å². The minimum Gasteiger partial charge on any atom is -0.479 e. The number of carbonyl (C=O) groups excluding carboxylic acids is 2. The van der Waals surface area contributed by atoms with E-state index in [1.807, 2.05) is 24.3 Å². The Kier molecular flexibility index (Phi) is 7.17. The normalized spacial score (nSPS) is 17.2. The number of benzene rings is 2. The number of aliphatic carboxylic acids is 1. The van der Waals surface area contributed by atoms with Crippen molar-refractivity contribution in [2.45, 2.75) is 63.0 Å². The average molecular weight is 467 g/mol. The molecule has 34 heavy (non-hydrogen) atoms. The molecule has 0 heterocycles. The van der Waals surface area contributed by atoms with Gasteiger partial charge in [0, 0.05) is 5.92 Å². The number of hydrogen-bond donors (Lipinski definition) is 3. The SMILES string of the molecule is CC(ONC(=O)CC1(NC(=O)OCC2c3ccccc3-c3ccccc32)CCCCC1)C(=O)O. The monoisotopic (exact) mass is 466 g/mol. The van der Waals surface area contributed by atoms with Crippen molar-refractivity contribution in [3.05, 3.63) is 59.7 Å². The average Bonchev–Trinajstić information content (AvgIpc) is 3.15. The van der Waals surface area contributed by atoms with Gasteiger partial charge >= 0.3 is 12.1 Å². The second-order valence-electron chi connectivity index (χ2n) is 9.09. The number of hydrogen-bond acceptors (Lipinski definition) is 5. The van der Waals surface area contributed by atoms with Gasteiger partial charge in [0.1, 0.15) is 6.61 Å². The van der Waals surface area contributed by atoms with Gasteiger partial charge in [0.05, 0.1) is 12.0 Å². The zero-order valence-electron chi connectivity index (χ0n) is 19.2. The van der Waals surface area contributed by atoms with Crippen molar-refractivity contribution in [1.29, 1.82) is 0 Å². The molecule has 3 N–H and O–H groups in total. The van der Waals surface area contributed by atoms with Crippen LogP contribution in [0.4, 0.5) is 4.79 Å². The lowest BCUT2D eigenvalue weighted by molar-refractivity contribution is -0.159. The quantitative estimate of drug-likeness (QED) is 0.504. The number of rotatable bonds is 8. The predicted molar refractivity (Wildman–Crippen MR) is 125 cm³/mol. The van der Waals surface area contributed by atoms with E-state index >= 15 is 0 Å². The van der Waals surface area contributed by atoms with Crippen molar-refractivity contribution in [2.75, 3.05) is 6.61 Å². The summed E-state index contributed by atoms with van der Waals surface area (Å²) < 4.78 is 5.69. The number of carboxylic acid groups (broad SMARTS) is 1. The lowest BCUT2D eigenvalue weighted by atomic mass is 9.79. The molecule has 2 aliphatic rings. The molecule has 8 nitrogen and oxygen atoms in total. The topological polar surface area (TPSA) is 114 Å². The summed E-state index contributed by atoms with van der Waals surface area (Å²) in [6.45, 7) is 1.52. The first-order chi connectivity index (χ1) is 16.4. The molecule has 4 rings (SSSR count). The van der Waals surface area contributed by atoms with Crippen LogP contribution in [0.1, 0.15) is 62.5 Å². The summed E-state index contributed by atoms with van der Waals surface area (Å²) >= 11 is 0. The Labute approximate surface area is 198 Å². The van der Waals surface area contributed by atoms with Crippen LogP contribution >= 0.6 is 0 Å². The highest BCUT2D eigenvalue weighted by Gasteiger charge is 2.37. The third-order valence-corrected chi connectivity index (χ3v) is 6.72. The van der Waals surface area contributed by atoms with E-state index in [0.29, 0.717) is 12.8 Å². The Morgan fingerprint density at radius 3 is 2.18 bits per heavy atom. The van der Waals surface area contributed by atoms with Crippen molar-refractivity contribution in [1.82, 2.24) is 10.8 Å². The van der Waals surface area contributed by atoms with Gasteiger partial charge in [-0.15, -0.1) is 0 Å². The van der Waals surface area contributed by atoms with Gasteiger partial charge < -0.3 is 15.2 Å². The molecule has 0 aromatic heterocycles. The summed E-state index contributed by atoms with van der Waals surface area (Å²) in [5, 5.41) is 11.9. The zero-order valence-corrected chi connectivity index (χ0v) is 19.2. The Bertz CT molecular complexity index is 1020. The van der Waals surface area contributed by atoms with Crippen LogP contribution in [-0.2, 0) is 19.2 Å². The number of nitrogens with one attached hydrogen (secondary N) is 2. The molecule has 2 aliphatic carbocycles. The molecule has 0 bridgehead atoms. The highest BCUT2D eigenvalue weighted by Crippen LogP contribution is 2.44. The minimum absolute atomic E-state index is 0.0104. The van der Waals surface area contributed by atoms with Crippen LogP contribution in [0.5, 0.6) is 0 Å². The number of fused-ring (bicyclic) bond motifs is 3. The summed E-state index contributed by atoms with van der Waals surface area (Å²) in [6.07, 6.45) is 2.33. The molecule has 1 unspecified atom stereocenters. The molecule has 1 fully saturated rings. The maximum absolute atomic E-state index is 12.9. The van der Waals surface area contributed by atoms with Crippen LogP contribution in [-0.4, -0.2) is 41.3 Å². The van der Waals surface area contributed by atoms with Crippen LogP contribution < -0.4 is 10.8 Å². The van der Waals surface area contributed by atoms with E-state index in [4.69, 9.17) is 14.7 Å².